The highest BCUT2D eigenvalue weighted by atomic mass is 19.3. The van der Waals surface area contributed by atoms with Crippen LogP contribution in [0.4, 0.5) is 14.5 Å². The number of alkyl halides is 2. The summed E-state index contributed by atoms with van der Waals surface area (Å²) in [4.78, 5) is 11.6. The molecule has 0 saturated heterocycles. The van der Waals surface area contributed by atoms with Gasteiger partial charge in [-0.1, -0.05) is 6.92 Å². The number of anilines is 1. The van der Waals surface area contributed by atoms with Crippen LogP contribution in [0, 0.1) is 0 Å². The first kappa shape index (κ1) is 15.4. The molecule has 1 unspecified atom stereocenters. The molecule has 6 heteroatoms. The molecule has 0 bridgehead atoms. The average Bonchev–Trinajstić information content (AvgIpc) is 2.37. The molecule has 0 aliphatic carbocycles. The van der Waals surface area contributed by atoms with Crippen LogP contribution in [0.5, 0.6) is 5.75 Å². The zero-order valence-electron chi connectivity index (χ0n) is 11.0. The largest absolute Gasteiger partial charge is 0.435 e. The van der Waals surface area contributed by atoms with E-state index in [0.29, 0.717) is 5.69 Å². The predicted octanol–water partition coefficient (Wildman–Crippen LogP) is 2.61. The number of nitrogens with one attached hydrogen (secondary N) is 2. The van der Waals surface area contributed by atoms with Gasteiger partial charge in [0.2, 0.25) is 5.91 Å². The number of hydrogen-bond donors (Lipinski definition) is 2. The third-order valence-corrected chi connectivity index (χ3v) is 2.59. The van der Waals surface area contributed by atoms with Gasteiger partial charge in [0.25, 0.3) is 0 Å². The van der Waals surface area contributed by atoms with Crippen molar-refractivity contribution in [2.24, 2.45) is 0 Å². The van der Waals surface area contributed by atoms with E-state index < -0.39 is 6.61 Å². The van der Waals surface area contributed by atoms with Gasteiger partial charge in [0.05, 0.1) is 6.54 Å². The van der Waals surface area contributed by atoms with Crippen molar-refractivity contribution >= 4 is 11.6 Å². The van der Waals surface area contributed by atoms with Crippen LogP contribution in [-0.2, 0) is 4.79 Å². The Morgan fingerprint density at radius 3 is 2.47 bits per heavy atom. The smallest absolute Gasteiger partial charge is 0.387 e. The molecule has 0 heterocycles. The Balaban J connectivity index is 2.42. The number of carbonyl (C=O) groups is 1. The number of carbonyl (C=O) groups excluding carboxylic acids is 1. The summed E-state index contributed by atoms with van der Waals surface area (Å²) in [7, 11) is 0. The van der Waals surface area contributed by atoms with Crippen LogP contribution < -0.4 is 15.4 Å². The normalized spacial score (nSPS) is 12.3. The zero-order chi connectivity index (χ0) is 14.3. The Labute approximate surface area is 111 Å². The summed E-state index contributed by atoms with van der Waals surface area (Å²) in [6.45, 7) is 1.38. The zero-order valence-corrected chi connectivity index (χ0v) is 11.0. The fourth-order valence-electron chi connectivity index (χ4n) is 1.34. The second-order valence-electron chi connectivity index (χ2n) is 4.14. The van der Waals surface area contributed by atoms with Crippen LogP contribution in [-0.4, -0.2) is 25.1 Å². The van der Waals surface area contributed by atoms with E-state index in [0.717, 1.165) is 6.42 Å². The predicted molar refractivity (Wildman–Crippen MR) is 69.5 cm³/mol. The van der Waals surface area contributed by atoms with Gasteiger partial charge in [0.1, 0.15) is 5.75 Å². The third kappa shape index (κ3) is 6.15. The lowest BCUT2D eigenvalue weighted by Gasteiger charge is -2.11. The molecule has 0 radical (unpaired) electrons. The molecule has 0 aliphatic rings. The van der Waals surface area contributed by atoms with Gasteiger partial charge in [0.15, 0.2) is 0 Å². The van der Waals surface area contributed by atoms with Gasteiger partial charge in [-0.2, -0.15) is 8.78 Å². The minimum atomic E-state index is -2.85. The van der Waals surface area contributed by atoms with Gasteiger partial charge in [-0.3, -0.25) is 4.79 Å². The van der Waals surface area contributed by atoms with E-state index >= 15 is 0 Å². The number of amides is 1. The Morgan fingerprint density at radius 1 is 1.32 bits per heavy atom. The summed E-state index contributed by atoms with van der Waals surface area (Å²) >= 11 is 0. The Kier molecular flexibility index (Phi) is 6.21. The molecule has 0 aromatic heterocycles. The molecule has 1 atom stereocenters. The van der Waals surface area contributed by atoms with Crippen LogP contribution in [0.25, 0.3) is 0 Å². The Morgan fingerprint density at radius 2 is 1.95 bits per heavy atom. The molecule has 0 fully saturated rings. The molecule has 0 saturated carbocycles. The molecule has 4 nitrogen and oxygen atoms in total. The van der Waals surface area contributed by atoms with Crippen molar-refractivity contribution in [1.29, 1.82) is 0 Å². The van der Waals surface area contributed by atoms with E-state index in [-0.39, 0.29) is 24.2 Å². The number of rotatable bonds is 7. The lowest BCUT2D eigenvalue weighted by atomic mass is 10.2. The van der Waals surface area contributed by atoms with E-state index in [9.17, 15) is 13.6 Å². The molecule has 19 heavy (non-hydrogen) atoms. The van der Waals surface area contributed by atoms with Gasteiger partial charge >= 0.3 is 6.61 Å². The van der Waals surface area contributed by atoms with Crippen LogP contribution in [0.1, 0.15) is 20.3 Å². The maximum absolute atomic E-state index is 11.9. The lowest BCUT2D eigenvalue weighted by Crippen LogP contribution is -2.33. The SMILES string of the molecule is CCC(C)NCC(=O)Nc1ccc(OC(F)F)cc1. The van der Waals surface area contributed by atoms with Crippen LogP contribution >= 0.6 is 0 Å². The molecule has 0 spiro atoms. The Hall–Kier alpha value is -1.69. The summed E-state index contributed by atoms with van der Waals surface area (Å²) in [5, 5.41) is 5.71. The monoisotopic (exact) mass is 272 g/mol. The highest BCUT2D eigenvalue weighted by molar-refractivity contribution is 5.92. The summed E-state index contributed by atoms with van der Waals surface area (Å²) in [5.41, 5.74) is 0.539. The summed E-state index contributed by atoms with van der Waals surface area (Å²) in [6.07, 6.45) is 0.937. The molecule has 1 amide bonds. The highest BCUT2D eigenvalue weighted by Gasteiger charge is 2.06. The molecular formula is C13H18F2N2O2. The van der Waals surface area contributed by atoms with E-state index in [1.165, 1.54) is 24.3 Å². The number of ether oxygens (including phenoxy) is 1. The van der Waals surface area contributed by atoms with E-state index in [1.807, 2.05) is 13.8 Å². The van der Waals surface area contributed by atoms with Crippen LogP contribution in [0.2, 0.25) is 0 Å². The van der Waals surface area contributed by atoms with Crippen molar-refractivity contribution in [1.82, 2.24) is 5.32 Å². The molecular weight excluding hydrogens is 254 g/mol. The standard InChI is InChI=1S/C13H18F2N2O2/c1-3-9(2)16-8-12(18)17-10-4-6-11(7-5-10)19-13(14)15/h4-7,9,13,16H,3,8H2,1-2H3,(H,17,18). The van der Waals surface area contributed by atoms with E-state index in [4.69, 9.17) is 0 Å². The summed E-state index contributed by atoms with van der Waals surface area (Å²) < 4.78 is 28.1. The molecule has 106 valence electrons. The molecule has 1 rings (SSSR count). The molecule has 2 N–H and O–H groups in total. The van der Waals surface area contributed by atoms with E-state index in [1.54, 1.807) is 0 Å². The van der Waals surface area contributed by atoms with Gasteiger partial charge in [0, 0.05) is 11.7 Å². The first-order valence-corrected chi connectivity index (χ1v) is 6.09. The number of halogens is 2. The third-order valence-electron chi connectivity index (χ3n) is 2.59. The maximum atomic E-state index is 11.9. The second kappa shape index (κ2) is 7.68. The minimum absolute atomic E-state index is 0.0609. The lowest BCUT2D eigenvalue weighted by molar-refractivity contribution is -0.115. The second-order valence-corrected chi connectivity index (χ2v) is 4.14. The molecule has 1 aromatic rings. The average molecular weight is 272 g/mol. The summed E-state index contributed by atoms with van der Waals surface area (Å²) in [6, 6.07) is 6.05. The van der Waals surface area contributed by atoms with Gasteiger partial charge in [-0.15, -0.1) is 0 Å². The Bertz CT molecular complexity index is 396. The fraction of sp³-hybridized carbons (Fsp3) is 0.462. The van der Waals surface area contributed by atoms with Crippen LogP contribution in [0.15, 0.2) is 24.3 Å². The quantitative estimate of drug-likeness (QED) is 0.802. The van der Waals surface area contributed by atoms with Crippen LogP contribution in [0.3, 0.4) is 0 Å². The van der Waals surface area contributed by atoms with Gasteiger partial charge < -0.3 is 15.4 Å². The minimum Gasteiger partial charge on any atom is -0.435 e. The van der Waals surface area contributed by atoms with Crippen molar-refractivity contribution in [3.63, 3.8) is 0 Å². The fourth-order valence-corrected chi connectivity index (χ4v) is 1.34. The molecule has 0 aliphatic heterocycles. The van der Waals surface area contributed by atoms with Crippen molar-refractivity contribution in [3.8, 4) is 5.75 Å². The van der Waals surface area contributed by atoms with Gasteiger partial charge in [-0.05, 0) is 37.6 Å². The van der Waals surface area contributed by atoms with Crippen molar-refractivity contribution in [3.05, 3.63) is 24.3 Å². The first-order valence-electron chi connectivity index (χ1n) is 6.09. The number of hydrogen-bond acceptors (Lipinski definition) is 3. The summed E-state index contributed by atoms with van der Waals surface area (Å²) in [5.74, 6) is -0.117. The topological polar surface area (TPSA) is 50.4 Å². The molecule has 1 aromatic carbocycles. The van der Waals surface area contributed by atoms with Crippen molar-refractivity contribution in [2.45, 2.75) is 32.9 Å². The number of benzene rings is 1. The van der Waals surface area contributed by atoms with Gasteiger partial charge in [-0.25, -0.2) is 0 Å². The van der Waals surface area contributed by atoms with Crippen molar-refractivity contribution in [2.75, 3.05) is 11.9 Å². The first-order chi connectivity index (χ1) is 9.01. The highest BCUT2D eigenvalue weighted by Crippen LogP contribution is 2.17. The van der Waals surface area contributed by atoms with Crippen molar-refractivity contribution < 1.29 is 18.3 Å². The van der Waals surface area contributed by atoms with E-state index in [2.05, 4.69) is 15.4 Å². The maximum Gasteiger partial charge on any atom is 0.387 e.